The van der Waals surface area contributed by atoms with Crippen LogP contribution in [0.2, 0.25) is 5.02 Å². The summed E-state index contributed by atoms with van der Waals surface area (Å²) in [5, 5.41) is 2.73. The van der Waals surface area contributed by atoms with Crippen molar-refractivity contribution in [3.63, 3.8) is 0 Å². The van der Waals surface area contributed by atoms with Crippen LogP contribution in [0, 0.1) is 5.82 Å². The molecule has 0 aliphatic rings. The molecular formula is C15H13ClFNO3. The zero-order chi connectivity index (χ0) is 15.4. The Kier molecular flexibility index (Phi) is 4.65. The lowest BCUT2D eigenvalue weighted by atomic mass is 10.1. The fourth-order valence-electron chi connectivity index (χ4n) is 1.77. The Hall–Kier alpha value is -2.27. The van der Waals surface area contributed by atoms with E-state index in [1.807, 2.05) is 0 Å². The number of rotatable bonds is 4. The first kappa shape index (κ1) is 15.1. The van der Waals surface area contributed by atoms with Gasteiger partial charge in [-0.1, -0.05) is 11.6 Å². The molecule has 110 valence electrons. The Labute approximate surface area is 126 Å². The van der Waals surface area contributed by atoms with Crippen LogP contribution in [0.4, 0.5) is 10.1 Å². The molecule has 0 saturated carbocycles. The Balaban J connectivity index is 2.28. The Bertz CT molecular complexity index is 676. The van der Waals surface area contributed by atoms with Crippen molar-refractivity contribution in [1.29, 1.82) is 0 Å². The summed E-state index contributed by atoms with van der Waals surface area (Å²) >= 11 is 5.88. The van der Waals surface area contributed by atoms with E-state index in [0.717, 1.165) is 6.07 Å². The Morgan fingerprint density at radius 2 is 1.90 bits per heavy atom. The van der Waals surface area contributed by atoms with Gasteiger partial charge in [-0.2, -0.15) is 0 Å². The van der Waals surface area contributed by atoms with Gasteiger partial charge in [0, 0.05) is 6.07 Å². The number of hydrogen-bond donors (Lipinski definition) is 1. The minimum absolute atomic E-state index is 0.121. The number of nitrogens with one attached hydrogen (secondary N) is 1. The van der Waals surface area contributed by atoms with Gasteiger partial charge < -0.3 is 14.8 Å². The van der Waals surface area contributed by atoms with E-state index in [4.69, 9.17) is 21.1 Å². The van der Waals surface area contributed by atoms with Crippen LogP contribution < -0.4 is 14.8 Å². The van der Waals surface area contributed by atoms with Crippen molar-refractivity contribution < 1.29 is 18.7 Å². The van der Waals surface area contributed by atoms with Gasteiger partial charge in [-0.3, -0.25) is 4.79 Å². The molecule has 0 aromatic heterocycles. The van der Waals surface area contributed by atoms with E-state index < -0.39 is 11.7 Å². The summed E-state index contributed by atoms with van der Waals surface area (Å²) in [6.45, 7) is 0. The summed E-state index contributed by atoms with van der Waals surface area (Å²) in [5.74, 6) is 0.0522. The second-order valence-electron chi connectivity index (χ2n) is 4.14. The minimum atomic E-state index is -0.472. The first-order valence-electron chi connectivity index (χ1n) is 6.03. The van der Waals surface area contributed by atoms with Crippen molar-refractivity contribution >= 4 is 23.2 Å². The van der Waals surface area contributed by atoms with Gasteiger partial charge in [-0.05, 0) is 30.3 Å². The molecule has 0 atom stereocenters. The highest BCUT2D eigenvalue weighted by atomic mass is 35.5. The van der Waals surface area contributed by atoms with Gasteiger partial charge in [-0.15, -0.1) is 0 Å². The number of halogens is 2. The van der Waals surface area contributed by atoms with Crippen LogP contribution in [0.3, 0.4) is 0 Å². The predicted octanol–water partition coefficient (Wildman–Crippen LogP) is 3.75. The van der Waals surface area contributed by atoms with Crippen LogP contribution in [-0.2, 0) is 0 Å². The summed E-state index contributed by atoms with van der Waals surface area (Å²) in [7, 11) is 2.98. The molecule has 0 aliphatic heterocycles. The van der Waals surface area contributed by atoms with E-state index in [1.165, 1.54) is 26.4 Å². The molecular weight excluding hydrogens is 297 g/mol. The molecule has 1 amide bonds. The fourth-order valence-corrected chi connectivity index (χ4v) is 1.98. The average molecular weight is 310 g/mol. The number of benzene rings is 2. The van der Waals surface area contributed by atoms with Crippen LogP contribution in [-0.4, -0.2) is 20.1 Å². The summed E-state index contributed by atoms with van der Waals surface area (Å²) in [6, 6.07) is 8.55. The number of anilines is 1. The maximum atomic E-state index is 13.0. The smallest absolute Gasteiger partial charge is 0.259 e. The molecule has 0 bridgehead atoms. The number of carbonyl (C=O) groups excluding carboxylic acids is 1. The monoisotopic (exact) mass is 309 g/mol. The Morgan fingerprint density at radius 1 is 1.14 bits per heavy atom. The number of amides is 1. The van der Waals surface area contributed by atoms with E-state index in [2.05, 4.69) is 5.32 Å². The molecule has 4 nitrogen and oxygen atoms in total. The van der Waals surface area contributed by atoms with Crippen LogP contribution in [0.25, 0.3) is 0 Å². The maximum absolute atomic E-state index is 13.0. The first-order valence-corrected chi connectivity index (χ1v) is 6.41. The number of hydrogen-bond acceptors (Lipinski definition) is 3. The zero-order valence-corrected chi connectivity index (χ0v) is 12.2. The SMILES string of the molecule is COc1ccc(C(=O)Nc2ccc(F)cc2Cl)c(OC)c1. The first-order chi connectivity index (χ1) is 10.0. The van der Waals surface area contributed by atoms with E-state index in [9.17, 15) is 9.18 Å². The lowest BCUT2D eigenvalue weighted by molar-refractivity contribution is 0.102. The molecule has 0 saturated heterocycles. The molecule has 0 unspecified atom stereocenters. The summed E-state index contributed by atoms with van der Waals surface area (Å²) in [5.41, 5.74) is 0.639. The highest BCUT2D eigenvalue weighted by molar-refractivity contribution is 6.34. The third-order valence-corrected chi connectivity index (χ3v) is 3.15. The van der Waals surface area contributed by atoms with Crippen molar-refractivity contribution in [2.75, 3.05) is 19.5 Å². The second kappa shape index (κ2) is 6.45. The van der Waals surface area contributed by atoms with E-state index >= 15 is 0 Å². The van der Waals surface area contributed by atoms with Crippen molar-refractivity contribution in [3.8, 4) is 11.5 Å². The van der Waals surface area contributed by atoms with Crippen molar-refractivity contribution in [3.05, 3.63) is 52.8 Å². The van der Waals surface area contributed by atoms with Gasteiger partial charge in [0.15, 0.2) is 0 Å². The van der Waals surface area contributed by atoms with E-state index in [1.54, 1.807) is 18.2 Å². The van der Waals surface area contributed by atoms with Crippen molar-refractivity contribution in [2.24, 2.45) is 0 Å². The third-order valence-electron chi connectivity index (χ3n) is 2.83. The van der Waals surface area contributed by atoms with Gasteiger partial charge in [0.1, 0.15) is 17.3 Å². The molecule has 0 aliphatic carbocycles. The van der Waals surface area contributed by atoms with Crippen molar-refractivity contribution in [1.82, 2.24) is 0 Å². The molecule has 0 spiro atoms. The second-order valence-corrected chi connectivity index (χ2v) is 4.55. The van der Waals surface area contributed by atoms with Gasteiger partial charge in [0.25, 0.3) is 5.91 Å². The molecule has 6 heteroatoms. The summed E-state index contributed by atoms with van der Waals surface area (Å²) in [6.07, 6.45) is 0. The summed E-state index contributed by atoms with van der Waals surface area (Å²) < 4.78 is 23.2. The van der Waals surface area contributed by atoms with Crippen LogP contribution in [0.5, 0.6) is 11.5 Å². The molecule has 2 aromatic rings. The number of ether oxygens (including phenoxy) is 2. The maximum Gasteiger partial charge on any atom is 0.259 e. The lowest BCUT2D eigenvalue weighted by Crippen LogP contribution is -2.13. The Morgan fingerprint density at radius 3 is 2.52 bits per heavy atom. The molecule has 2 rings (SSSR count). The quantitative estimate of drug-likeness (QED) is 0.935. The van der Waals surface area contributed by atoms with Crippen LogP contribution in [0.1, 0.15) is 10.4 Å². The van der Waals surface area contributed by atoms with Crippen molar-refractivity contribution in [2.45, 2.75) is 0 Å². The number of methoxy groups -OCH3 is 2. The van der Waals surface area contributed by atoms with Crippen LogP contribution in [0.15, 0.2) is 36.4 Å². The predicted molar refractivity (Wildman–Crippen MR) is 78.9 cm³/mol. The standard InChI is InChI=1S/C15H13ClFNO3/c1-20-10-4-5-11(14(8-10)21-2)15(19)18-13-6-3-9(17)7-12(13)16/h3-8H,1-2H3,(H,18,19). The molecule has 0 heterocycles. The summed E-state index contributed by atoms with van der Waals surface area (Å²) in [4.78, 5) is 12.2. The number of carbonyl (C=O) groups is 1. The highest BCUT2D eigenvalue weighted by Crippen LogP contribution is 2.27. The topological polar surface area (TPSA) is 47.6 Å². The van der Waals surface area contributed by atoms with Crippen LogP contribution >= 0.6 is 11.6 Å². The zero-order valence-electron chi connectivity index (χ0n) is 11.4. The highest BCUT2D eigenvalue weighted by Gasteiger charge is 2.15. The minimum Gasteiger partial charge on any atom is -0.497 e. The molecule has 21 heavy (non-hydrogen) atoms. The van der Waals surface area contributed by atoms with Gasteiger partial charge >= 0.3 is 0 Å². The van der Waals surface area contributed by atoms with Gasteiger partial charge in [-0.25, -0.2) is 4.39 Å². The molecule has 0 radical (unpaired) electrons. The fraction of sp³-hybridized carbons (Fsp3) is 0.133. The lowest BCUT2D eigenvalue weighted by Gasteiger charge is -2.11. The van der Waals surface area contributed by atoms with Gasteiger partial charge in [0.05, 0.1) is 30.5 Å². The third kappa shape index (κ3) is 3.44. The van der Waals surface area contributed by atoms with E-state index in [0.29, 0.717) is 22.7 Å². The normalized spacial score (nSPS) is 10.1. The van der Waals surface area contributed by atoms with Gasteiger partial charge in [0.2, 0.25) is 0 Å². The molecule has 1 N–H and O–H groups in total. The molecule has 0 fully saturated rings. The largest absolute Gasteiger partial charge is 0.497 e. The average Bonchev–Trinajstić information content (AvgIpc) is 2.49. The van der Waals surface area contributed by atoms with E-state index in [-0.39, 0.29) is 5.02 Å². The molecule has 2 aromatic carbocycles.